The van der Waals surface area contributed by atoms with Crippen LogP contribution in [0.1, 0.15) is 23.0 Å². The van der Waals surface area contributed by atoms with Crippen LogP contribution in [0.25, 0.3) is 0 Å². The highest BCUT2D eigenvalue weighted by Crippen LogP contribution is 2.59. The molecule has 2 heterocycles. The standard InChI is InChI=1S/C13H14F2N2O/c1-2-11-8(7-18)3-4-12(16-11)17-5-9-10(6-17)13(9,14)15/h3-4,7,9-10H,2,5-6H2,1H3. The zero-order valence-electron chi connectivity index (χ0n) is 10.1. The summed E-state index contributed by atoms with van der Waals surface area (Å²) in [6, 6.07) is 3.46. The monoisotopic (exact) mass is 252 g/mol. The van der Waals surface area contributed by atoms with Crippen molar-refractivity contribution in [2.45, 2.75) is 19.3 Å². The van der Waals surface area contributed by atoms with Crippen LogP contribution in [0, 0.1) is 11.8 Å². The summed E-state index contributed by atoms with van der Waals surface area (Å²) in [6.45, 7) is 2.66. The van der Waals surface area contributed by atoms with Gasteiger partial charge in [-0.05, 0) is 18.6 Å². The minimum absolute atomic E-state index is 0.369. The number of aromatic nitrogens is 1. The van der Waals surface area contributed by atoms with Crippen LogP contribution in [0.5, 0.6) is 0 Å². The lowest BCUT2D eigenvalue weighted by molar-refractivity contribution is 0.0797. The Bertz CT molecular complexity index is 490. The predicted octanol–water partition coefficient (Wildman–Crippen LogP) is 2.16. The maximum absolute atomic E-state index is 13.1. The first-order valence-electron chi connectivity index (χ1n) is 6.15. The lowest BCUT2D eigenvalue weighted by Gasteiger charge is -2.21. The van der Waals surface area contributed by atoms with Crippen LogP contribution in [-0.2, 0) is 6.42 Å². The van der Waals surface area contributed by atoms with Crippen LogP contribution in [0.15, 0.2) is 12.1 Å². The molecule has 1 saturated heterocycles. The lowest BCUT2D eigenvalue weighted by Crippen LogP contribution is -2.28. The Morgan fingerprint density at radius 3 is 2.67 bits per heavy atom. The van der Waals surface area contributed by atoms with Crippen molar-refractivity contribution in [3.63, 3.8) is 0 Å². The van der Waals surface area contributed by atoms with Gasteiger partial charge in [-0.3, -0.25) is 4.79 Å². The molecule has 1 aromatic heterocycles. The summed E-state index contributed by atoms with van der Waals surface area (Å²) in [5, 5.41) is 0. The molecule has 0 spiro atoms. The summed E-state index contributed by atoms with van der Waals surface area (Å²) in [5.74, 6) is -2.77. The van der Waals surface area contributed by atoms with Gasteiger partial charge in [-0.1, -0.05) is 6.92 Å². The third-order valence-electron chi connectivity index (χ3n) is 3.98. The number of anilines is 1. The van der Waals surface area contributed by atoms with Gasteiger partial charge in [-0.25, -0.2) is 13.8 Å². The Hall–Kier alpha value is -1.52. The van der Waals surface area contributed by atoms with Crippen molar-refractivity contribution in [1.29, 1.82) is 0 Å². The number of aldehydes is 1. The van der Waals surface area contributed by atoms with E-state index >= 15 is 0 Å². The molecule has 3 nitrogen and oxygen atoms in total. The van der Waals surface area contributed by atoms with E-state index in [0.717, 1.165) is 12.0 Å². The summed E-state index contributed by atoms with van der Waals surface area (Å²) in [4.78, 5) is 17.1. The van der Waals surface area contributed by atoms with Crippen molar-refractivity contribution < 1.29 is 13.6 Å². The first-order valence-corrected chi connectivity index (χ1v) is 6.15. The van der Waals surface area contributed by atoms with E-state index < -0.39 is 17.8 Å². The SMILES string of the molecule is CCc1nc(N2CC3C(C2)C3(F)F)ccc1C=O. The number of carbonyl (C=O) groups excluding carboxylic acids is 1. The smallest absolute Gasteiger partial charge is 0.258 e. The van der Waals surface area contributed by atoms with Gasteiger partial charge in [0.25, 0.3) is 5.92 Å². The average Bonchev–Trinajstić information content (AvgIpc) is 2.78. The minimum atomic E-state index is -2.47. The van der Waals surface area contributed by atoms with E-state index in [1.165, 1.54) is 0 Å². The number of rotatable bonds is 3. The fourth-order valence-corrected chi connectivity index (χ4v) is 2.76. The molecule has 0 radical (unpaired) electrons. The maximum Gasteiger partial charge on any atom is 0.258 e. The molecule has 1 aliphatic heterocycles. The number of hydrogen-bond donors (Lipinski definition) is 0. The quantitative estimate of drug-likeness (QED) is 0.773. The minimum Gasteiger partial charge on any atom is -0.356 e. The third kappa shape index (κ3) is 1.53. The Morgan fingerprint density at radius 1 is 1.44 bits per heavy atom. The van der Waals surface area contributed by atoms with Gasteiger partial charge in [0, 0.05) is 18.7 Å². The van der Waals surface area contributed by atoms with Gasteiger partial charge in [-0.15, -0.1) is 0 Å². The van der Waals surface area contributed by atoms with E-state index in [9.17, 15) is 13.6 Å². The fraction of sp³-hybridized carbons (Fsp3) is 0.538. The maximum atomic E-state index is 13.1. The zero-order valence-corrected chi connectivity index (χ0v) is 10.1. The molecule has 5 heteroatoms. The van der Waals surface area contributed by atoms with Gasteiger partial charge >= 0.3 is 0 Å². The number of piperidine rings is 1. The summed E-state index contributed by atoms with van der Waals surface area (Å²) in [5.41, 5.74) is 1.31. The van der Waals surface area contributed by atoms with Gasteiger partial charge < -0.3 is 4.90 Å². The average molecular weight is 252 g/mol. The van der Waals surface area contributed by atoms with Crippen LogP contribution in [0.4, 0.5) is 14.6 Å². The summed E-state index contributed by atoms with van der Waals surface area (Å²) in [6.07, 6.45) is 1.45. The van der Waals surface area contributed by atoms with Crippen molar-refractivity contribution in [2.75, 3.05) is 18.0 Å². The molecule has 0 aromatic carbocycles. The van der Waals surface area contributed by atoms with Crippen LogP contribution in [0.2, 0.25) is 0 Å². The zero-order chi connectivity index (χ0) is 12.9. The molecule has 0 amide bonds. The number of pyridine rings is 1. The largest absolute Gasteiger partial charge is 0.356 e. The molecular formula is C13H14F2N2O. The molecule has 2 aliphatic rings. The van der Waals surface area contributed by atoms with Crippen molar-refractivity contribution in [3.05, 3.63) is 23.4 Å². The molecule has 0 N–H and O–H groups in total. The number of nitrogens with zero attached hydrogens (tertiary/aromatic N) is 2. The van der Waals surface area contributed by atoms with E-state index in [4.69, 9.17) is 0 Å². The van der Waals surface area contributed by atoms with E-state index in [-0.39, 0.29) is 0 Å². The first-order chi connectivity index (χ1) is 8.57. The van der Waals surface area contributed by atoms with E-state index in [2.05, 4.69) is 4.98 Å². The molecule has 1 saturated carbocycles. The molecule has 1 aromatic rings. The highest BCUT2D eigenvalue weighted by Gasteiger charge is 2.71. The third-order valence-corrected chi connectivity index (χ3v) is 3.98. The molecule has 0 bridgehead atoms. The molecule has 18 heavy (non-hydrogen) atoms. The number of halogens is 2. The van der Waals surface area contributed by atoms with Gasteiger partial charge in [0.05, 0.1) is 17.5 Å². The van der Waals surface area contributed by atoms with Crippen molar-refractivity contribution >= 4 is 12.1 Å². The van der Waals surface area contributed by atoms with Crippen LogP contribution < -0.4 is 4.90 Å². The number of aryl methyl sites for hydroxylation is 1. The van der Waals surface area contributed by atoms with Crippen molar-refractivity contribution in [2.24, 2.45) is 11.8 Å². The van der Waals surface area contributed by atoms with Gasteiger partial charge in [-0.2, -0.15) is 0 Å². The number of alkyl halides is 2. The van der Waals surface area contributed by atoms with Crippen LogP contribution >= 0.6 is 0 Å². The van der Waals surface area contributed by atoms with Crippen LogP contribution in [0.3, 0.4) is 0 Å². The predicted molar refractivity (Wildman–Crippen MR) is 63.1 cm³/mol. The molecule has 2 atom stereocenters. The van der Waals surface area contributed by atoms with E-state index in [0.29, 0.717) is 30.9 Å². The Labute approximate surface area is 104 Å². The van der Waals surface area contributed by atoms with Crippen molar-refractivity contribution in [3.8, 4) is 0 Å². The molecule has 96 valence electrons. The number of hydrogen-bond acceptors (Lipinski definition) is 3. The Morgan fingerprint density at radius 2 is 2.11 bits per heavy atom. The molecule has 1 aliphatic carbocycles. The second-order valence-electron chi connectivity index (χ2n) is 4.97. The fourth-order valence-electron chi connectivity index (χ4n) is 2.76. The molecule has 2 fully saturated rings. The topological polar surface area (TPSA) is 33.2 Å². The normalized spacial score (nSPS) is 28.1. The Kier molecular flexibility index (Phi) is 2.40. The second-order valence-corrected chi connectivity index (χ2v) is 4.97. The molecule has 2 unspecified atom stereocenters. The summed E-state index contributed by atoms with van der Waals surface area (Å²) in [7, 11) is 0. The van der Waals surface area contributed by atoms with Crippen LogP contribution in [-0.4, -0.2) is 30.3 Å². The van der Waals surface area contributed by atoms with E-state index in [1.807, 2.05) is 11.8 Å². The van der Waals surface area contributed by atoms with Gasteiger partial charge in [0.1, 0.15) is 5.82 Å². The van der Waals surface area contributed by atoms with E-state index in [1.54, 1.807) is 12.1 Å². The van der Waals surface area contributed by atoms with Gasteiger partial charge in [0.2, 0.25) is 0 Å². The second kappa shape index (κ2) is 3.73. The molecule has 3 rings (SSSR count). The highest BCUT2D eigenvalue weighted by atomic mass is 19.3. The first kappa shape index (κ1) is 11.6. The number of carbonyl (C=O) groups is 1. The van der Waals surface area contributed by atoms with Crippen molar-refractivity contribution in [1.82, 2.24) is 4.98 Å². The number of fused-ring (bicyclic) bond motifs is 1. The summed E-state index contributed by atoms with van der Waals surface area (Å²) < 4.78 is 26.2. The molecular weight excluding hydrogens is 238 g/mol. The van der Waals surface area contributed by atoms with Gasteiger partial charge in [0.15, 0.2) is 6.29 Å². The Balaban J connectivity index is 1.81. The highest BCUT2D eigenvalue weighted by molar-refractivity contribution is 5.77. The lowest BCUT2D eigenvalue weighted by atomic mass is 10.1. The summed E-state index contributed by atoms with van der Waals surface area (Å²) >= 11 is 0.